The number of carbonyl (C=O) groups is 1. The SMILES string of the molecule is COc1cc2c(cc1OC)CN(C(=O)c1cccc(S(=O)(=O)N3CC[NH+](C)CC3)c1)CC2. The van der Waals surface area contributed by atoms with E-state index in [0.29, 0.717) is 49.7 Å². The number of piperazine rings is 1. The minimum absolute atomic E-state index is 0.173. The van der Waals surface area contributed by atoms with Gasteiger partial charge in [-0.3, -0.25) is 4.79 Å². The lowest BCUT2D eigenvalue weighted by atomic mass is 9.98. The average molecular weight is 461 g/mol. The van der Waals surface area contributed by atoms with Crippen LogP contribution in [0.5, 0.6) is 11.5 Å². The molecule has 1 amide bonds. The molecule has 1 fully saturated rings. The molecule has 9 heteroatoms. The summed E-state index contributed by atoms with van der Waals surface area (Å²) in [5.74, 6) is 1.13. The number of sulfonamides is 1. The number of hydrogen-bond donors (Lipinski definition) is 1. The summed E-state index contributed by atoms with van der Waals surface area (Å²) in [6.45, 7) is 3.52. The maximum atomic E-state index is 13.2. The van der Waals surface area contributed by atoms with Crippen molar-refractivity contribution >= 4 is 15.9 Å². The standard InChI is InChI=1S/C23H29N3O5S/c1-24-9-11-26(12-10-24)32(28,29)20-6-4-5-18(13-20)23(27)25-8-7-17-14-21(30-2)22(31-3)15-19(17)16-25/h4-6,13-15H,7-12,16H2,1-3H3/p+1. The van der Waals surface area contributed by atoms with Gasteiger partial charge in [0.15, 0.2) is 11.5 Å². The zero-order chi connectivity index (χ0) is 22.9. The van der Waals surface area contributed by atoms with E-state index in [9.17, 15) is 13.2 Å². The van der Waals surface area contributed by atoms with Crippen molar-refractivity contribution in [2.75, 3.05) is 54.0 Å². The number of rotatable bonds is 5. The number of ether oxygens (including phenoxy) is 2. The van der Waals surface area contributed by atoms with E-state index >= 15 is 0 Å². The zero-order valence-electron chi connectivity index (χ0n) is 18.8. The van der Waals surface area contributed by atoms with Crippen molar-refractivity contribution in [1.29, 1.82) is 0 Å². The highest BCUT2D eigenvalue weighted by Gasteiger charge is 2.30. The minimum atomic E-state index is -3.62. The van der Waals surface area contributed by atoms with Crippen LogP contribution in [0.15, 0.2) is 41.3 Å². The van der Waals surface area contributed by atoms with E-state index in [1.54, 1.807) is 37.3 Å². The molecule has 4 rings (SSSR count). The Morgan fingerprint density at radius 3 is 2.28 bits per heavy atom. The molecule has 0 radical (unpaired) electrons. The summed E-state index contributed by atoms with van der Waals surface area (Å²) in [6, 6.07) is 10.3. The normalized spacial score (nSPS) is 17.7. The average Bonchev–Trinajstić information content (AvgIpc) is 2.82. The van der Waals surface area contributed by atoms with Gasteiger partial charge >= 0.3 is 0 Å². The molecule has 0 unspecified atom stereocenters. The predicted octanol–water partition coefficient (Wildman–Crippen LogP) is 0.421. The van der Waals surface area contributed by atoms with Crippen LogP contribution >= 0.6 is 0 Å². The quantitative estimate of drug-likeness (QED) is 0.700. The Hall–Kier alpha value is -2.62. The van der Waals surface area contributed by atoms with Gasteiger partial charge in [-0.05, 0) is 47.9 Å². The first-order valence-corrected chi connectivity index (χ1v) is 12.2. The van der Waals surface area contributed by atoms with Gasteiger partial charge in [-0.15, -0.1) is 0 Å². The van der Waals surface area contributed by atoms with Crippen molar-refractivity contribution in [3.8, 4) is 11.5 Å². The summed E-state index contributed by atoms with van der Waals surface area (Å²) in [6.07, 6.45) is 0.697. The Bertz CT molecular complexity index is 1110. The molecular weight excluding hydrogens is 430 g/mol. The van der Waals surface area contributed by atoms with E-state index < -0.39 is 10.0 Å². The summed E-state index contributed by atoms with van der Waals surface area (Å²) in [4.78, 5) is 16.5. The van der Waals surface area contributed by atoms with E-state index in [2.05, 4.69) is 7.05 Å². The maximum Gasteiger partial charge on any atom is 0.254 e. The number of carbonyl (C=O) groups excluding carboxylic acids is 1. The number of methoxy groups -OCH3 is 2. The molecular formula is C23H30N3O5S+. The van der Waals surface area contributed by atoms with Crippen LogP contribution < -0.4 is 14.4 Å². The fourth-order valence-corrected chi connectivity index (χ4v) is 5.77. The van der Waals surface area contributed by atoms with Crippen molar-refractivity contribution in [3.05, 3.63) is 53.1 Å². The van der Waals surface area contributed by atoms with Crippen LogP contribution in [0.1, 0.15) is 21.5 Å². The zero-order valence-corrected chi connectivity index (χ0v) is 19.6. The molecule has 2 aromatic rings. The second-order valence-corrected chi connectivity index (χ2v) is 10.3. The molecule has 2 aromatic carbocycles. The second-order valence-electron chi connectivity index (χ2n) is 8.34. The topological polar surface area (TPSA) is 80.6 Å². The number of nitrogens with one attached hydrogen (secondary N) is 1. The molecule has 0 atom stereocenters. The molecule has 8 nitrogen and oxygen atoms in total. The number of likely N-dealkylation sites (N-methyl/N-ethyl adjacent to an activating group) is 1. The van der Waals surface area contributed by atoms with Crippen molar-refractivity contribution in [3.63, 3.8) is 0 Å². The Morgan fingerprint density at radius 2 is 1.62 bits per heavy atom. The smallest absolute Gasteiger partial charge is 0.254 e. The summed E-state index contributed by atoms with van der Waals surface area (Å²) >= 11 is 0. The van der Waals surface area contributed by atoms with Gasteiger partial charge in [-0.1, -0.05) is 6.07 Å². The highest BCUT2D eigenvalue weighted by atomic mass is 32.2. The molecule has 0 aromatic heterocycles. The van der Waals surface area contributed by atoms with Crippen molar-refractivity contribution in [2.24, 2.45) is 0 Å². The van der Waals surface area contributed by atoms with Gasteiger partial charge in [0.1, 0.15) is 0 Å². The first-order valence-electron chi connectivity index (χ1n) is 10.8. The van der Waals surface area contributed by atoms with Crippen LogP contribution in [0.25, 0.3) is 0 Å². The first kappa shape index (κ1) is 22.6. The van der Waals surface area contributed by atoms with E-state index in [1.165, 1.54) is 15.3 Å². The highest BCUT2D eigenvalue weighted by molar-refractivity contribution is 7.89. The summed E-state index contributed by atoms with van der Waals surface area (Å²) < 4.78 is 38.5. The number of benzene rings is 2. The molecule has 0 saturated carbocycles. The van der Waals surface area contributed by atoms with Crippen LogP contribution in [-0.4, -0.2) is 77.5 Å². The Labute approximate surface area is 189 Å². The van der Waals surface area contributed by atoms with Gasteiger partial charge in [-0.25, -0.2) is 8.42 Å². The molecule has 2 aliphatic rings. The van der Waals surface area contributed by atoms with Crippen LogP contribution in [0.2, 0.25) is 0 Å². The molecule has 1 N–H and O–H groups in total. The number of hydrogen-bond acceptors (Lipinski definition) is 5. The largest absolute Gasteiger partial charge is 0.493 e. The van der Waals surface area contributed by atoms with Gasteiger partial charge in [0.2, 0.25) is 10.0 Å². The molecule has 1 saturated heterocycles. The third-order valence-electron chi connectivity index (χ3n) is 6.30. The highest BCUT2D eigenvalue weighted by Crippen LogP contribution is 2.33. The molecule has 0 bridgehead atoms. The van der Waals surface area contributed by atoms with Crippen LogP contribution in [-0.2, 0) is 23.0 Å². The number of amides is 1. The van der Waals surface area contributed by atoms with Crippen LogP contribution in [0.4, 0.5) is 0 Å². The van der Waals surface area contributed by atoms with E-state index in [1.807, 2.05) is 12.1 Å². The van der Waals surface area contributed by atoms with E-state index in [4.69, 9.17) is 9.47 Å². The number of nitrogens with zero attached hydrogens (tertiary/aromatic N) is 2. The van der Waals surface area contributed by atoms with Crippen molar-refractivity contribution in [1.82, 2.24) is 9.21 Å². The molecule has 2 aliphatic heterocycles. The minimum Gasteiger partial charge on any atom is -0.493 e. The van der Waals surface area contributed by atoms with E-state index in [-0.39, 0.29) is 10.8 Å². The van der Waals surface area contributed by atoms with Gasteiger partial charge in [0.25, 0.3) is 5.91 Å². The van der Waals surface area contributed by atoms with Crippen LogP contribution in [0, 0.1) is 0 Å². The molecule has 32 heavy (non-hydrogen) atoms. The number of fused-ring (bicyclic) bond motifs is 1. The van der Waals surface area contributed by atoms with Gasteiger partial charge < -0.3 is 19.3 Å². The van der Waals surface area contributed by atoms with Crippen molar-refractivity contribution in [2.45, 2.75) is 17.9 Å². The summed E-state index contributed by atoms with van der Waals surface area (Å²) in [5, 5.41) is 0. The van der Waals surface area contributed by atoms with Crippen molar-refractivity contribution < 1.29 is 27.6 Å². The predicted molar refractivity (Wildman–Crippen MR) is 120 cm³/mol. The lowest BCUT2D eigenvalue weighted by Gasteiger charge is -2.30. The third-order valence-corrected chi connectivity index (χ3v) is 8.19. The molecule has 0 aliphatic carbocycles. The van der Waals surface area contributed by atoms with Gasteiger partial charge in [0, 0.05) is 18.7 Å². The first-order chi connectivity index (χ1) is 15.3. The fourth-order valence-electron chi connectivity index (χ4n) is 4.29. The second kappa shape index (κ2) is 9.09. The molecule has 0 spiro atoms. The van der Waals surface area contributed by atoms with Crippen LogP contribution in [0.3, 0.4) is 0 Å². The van der Waals surface area contributed by atoms with Gasteiger partial charge in [0.05, 0.1) is 52.3 Å². The summed E-state index contributed by atoms with van der Waals surface area (Å²) in [7, 11) is 1.63. The van der Waals surface area contributed by atoms with E-state index in [0.717, 1.165) is 24.2 Å². The molecule has 172 valence electrons. The molecule has 2 heterocycles. The van der Waals surface area contributed by atoms with Gasteiger partial charge in [-0.2, -0.15) is 4.31 Å². The third kappa shape index (κ3) is 4.32. The Morgan fingerprint density at radius 1 is 0.969 bits per heavy atom. The monoisotopic (exact) mass is 460 g/mol. The lowest BCUT2D eigenvalue weighted by molar-refractivity contribution is -0.883. The summed E-state index contributed by atoms with van der Waals surface area (Å²) in [5.41, 5.74) is 2.51. The fraction of sp³-hybridized carbons (Fsp3) is 0.435. The number of quaternary nitrogens is 1. The Balaban J connectivity index is 1.55. The Kier molecular flexibility index (Phi) is 6.41. The lowest BCUT2D eigenvalue weighted by Crippen LogP contribution is -3.12. The maximum absolute atomic E-state index is 13.2.